The fourth-order valence-electron chi connectivity index (χ4n) is 0.924. The van der Waals surface area contributed by atoms with Gasteiger partial charge in [0.1, 0.15) is 0 Å². The Labute approximate surface area is 77.6 Å². The normalized spacial score (nSPS) is 10.1. The Morgan fingerprint density at radius 1 is 1.62 bits per heavy atom. The molecule has 0 aliphatic heterocycles. The molecule has 1 amide bonds. The number of aromatic nitrogens is 1. The zero-order valence-electron chi connectivity index (χ0n) is 7.82. The molecule has 1 N–H and O–H groups in total. The van der Waals surface area contributed by atoms with Crippen LogP contribution in [0.15, 0.2) is 24.5 Å². The van der Waals surface area contributed by atoms with Crippen molar-refractivity contribution < 1.29 is 4.79 Å². The second-order valence-corrected chi connectivity index (χ2v) is 3.03. The van der Waals surface area contributed by atoms with Crippen LogP contribution in [0.1, 0.15) is 0 Å². The molecular formula is C9H13N3O. The van der Waals surface area contributed by atoms with Crippen LogP contribution >= 0.6 is 0 Å². The van der Waals surface area contributed by atoms with Crippen LogP contribution in [0, 0.1) is 0 Å². The molecule has 0 unspecified atom stereocenters. The summed E-state index contributed by atoms with van der Waals surface area (Å²) in [4.78, 5) is 16.9. The van der Waals surface area contributed by atoms with E-state index in [-0.39, 0.29) is 5.91 Å². The predicted molar refractivity (Wildman–Crippen MR) is 51.4 cm³/mol. The van der Waals surface area contributed by atoms with Crippen LogP contribution in [0.5, 0.6) is 0 Å². The third-order valence-corrected chi connectivity index (χ3v) is 1.41. The molecule has 0 bridgehead atoms. The van der Waals surface area contributed by atoms with Gasteiger partial charge in [0.25, 0.3) is 0 Å². The Balaban J connectivity index is 2.46. The van der Waals surface area contributed by atoms with E-state index in [2.05, 4.69) is 10.3 Å². The van der Waals surface area contributed by atoms with E-state index >= 15 is 0 Å². The van der Waals surface area contributed by atoms with Crippen molar-refractivity contribution in [2.75, 3.05) is 26.0 Å². The zero-order valence-corrected chi connectivity index (χ0v) is 7.82. The Kier molecular flexibility index (Phi) is 3.40. The van der Waals surface area contributed by atoms with Crippen LogP contribution in [0.3, 0.4) is 0 Å². The van der Waals surface area contributed by atoms with Gasteiger partial charge < -0.3 is 10.2 Å². The highest BCUT2D eigenvalue weighted by molar-refractivity contribution is 5.91. The first-order valence-corrected chi connectivity index (χ1v) is 4.03. The highest BCUT2D eigenvalue weighted by atomic mass is 16.2. The SMILES string of the molecule is CN(C)CC(=O)Nc1cccnc1. The van der Waals surface area contributed by atoms with E-state index in [0.29, 0.717) is 6.54 Å². The van der Waals surface area contributed by atoms with Crippen LogP contribution in [0.4, 0.5) is 5.69 Å². The number of likely N-dealkylation sites (N-methyl/N-ethyl adjacent to an activating group) is 1. The van der Waals surface area contributed by atoms with Gasteiger partial charge >= 0.3 is 0 Å². The van der Waals surface area contributed by atoms with Gasteiger partial charge in [-0.1, -0.05) is 0 Å². The summed E-state index contributed by atoms with van der Waals surface area (Å²) in [6.07, 6.45) is 3.29. The topological polar surface area (TPSA) is 45.2 Å². The van der Waals surface area contributed by atoms with Gasteiger partial charge in [0, 0.05) is 6.20 Å². The number of carbonyl (C=O) groups excluding carboxylic acids is 1. The lowest BCUT2D eigenvalue weighted by atomic mass is 10.4. The van der Waals surface area contributed by atoms with Gasteiger partial charge in [-0.25, -0.2) is 0 Å². The molecule has 0 aliphatic rings. The van der Waals surface area contributed by atoms with E-state index in [9.17, 15) is 4.79 Å². The number of hydrogen-bond donors (Lipinski definition) is 1. The van der Waals surface area contributed by atoms with E-state index in [1.165, 1.54) is 0 Å². The Morgan fingerprint density at radius 3 is 2.92 bits per heavy atom. The number of nitrogens with zero attached hydrogens (tertiary/aromatic N) is 2. The molecule has 13 heavy (non-hydrogen) atoms. The predicted octanol–water partition coefficient (Wildman–Crippen LogP) is 0.582. The summed E-state index contributed by atoms with van der Waals surface area (Å²) in [5.74, 6) is -0.0296. The quantitative estimate of drug-likeness (QED) is 0.738. The molecule has 0 atom stereocenters. The van der Waals surface area contributed by atoms with Crippen LogP contribution in [0.2, 0.25) is 0 Å². The number of anilines is 1. The maximum Gasteiger partial charge on any atom is 0.238 e. The molecule has 0 spiro atoms. The van der Waals surface area contributed by atoms with Gasteiger partial charge in [0.15, 0.2) is 0 Å². The average Bonchev–Trinajstić information content (AvgIpc) is 2.04. The monoisotopic (exact) mass is 179 g/mol. The molecule has 0 fully saturated rings. The first-order chi connectivity index (χ1) is 6.18. The molecule has 1 aromatic heterocycles. The Bertz CT molecular complexity index is 271. The van der Waals surface area contributed by atoms with Crippen LogP contribution < -0.4 is 5.32 Å². The smallest absolute Gasteiger partial charge is 0.238 e. The van der Waals surface area contributed by atoms with Crippen molar-refractivity contribution in [2.45, 2.75) is 0 Å². The fraction of sp³-hybridized carbons (Fsp3) is 0.333. The van der Waals surface area contributed by atoms with Crippen molar-refractivity contribution in [3.05, 3.63) is 24.5 Å². The number of nitrogens with one attached hydrogen (secondary N) is 1. The lowest BCUT2D eigenvalue weighted by Gasteiger charge is -2.09. The summed E-state index contributed by atoms with van der Waals surface area (Å²) in [5.41, 5.74) is 0.731. The summed E-state index contributed by atoms with van der Waals surface area (Å²) in [6, 6.07) is 3.59. The van der Waals surface area contributed by atoms with Crippen molar-refractivity contribution in [1.82, 2.24) is 9.88 Å². The van der Waals surface area contributed by atoms with Gasteiger partial charge in [-0.3, -0.25) is 9.78 Å². The summed E-state index contributed by atoms with van der Waals surface area (Å²) >= 11 is 0. The lowest BCUT2D eigenvalue weighted by molar-refractivity contribution is -0.116. The van der Waals surface area contributed by atoms with Crippen molar-refractivity contribution >= 4 is 11.6 Å². The van der Waals surface area contributed by atoms with Crippen LogP contribution in [-0.2, 0) is 4.79 Å². The molecule has 0 aromatic carbocycles. The molecule has 1 aromatic rings. The van der Waals surface area contributed by atoms with E-state index < -0.39 is 0 Å². The maximum absolute atomic E-state index is 11.2. The van der Waals surface area contributed by atoms with Gasteiger partial charge in [-0.2, -0.15) is 0 Å². The molecule has 70 valence electrons. The number of amides is 1. The fourth-order valence-corrected chi connectivity index (χ4v) is 0.924. The molecule has 4 heteroatoms. The van der Waals surface area contributed by atoms with Crippen molar-refractivity contribution in [3.63, 3.8) is 0 Å². The van der Waals surface area contributed by atoms with E-state index in [1.807, 2.05) is 19.0 Å². The summed E-state index contributed by atoms with van der Waals surface area (Å²) in [6.45, 7) is 0.384. The molecule has 4 nitrogen and oxygen atoms in total. The number of pyridine rings is 1. The standard InChI is InChI=1S/C9H13N3O/c1-12(2)7-9(13)11-8-4-3-5-10-6-8/h3-6H,7H2,1-2H3,(H,11,13). The molecule has 1 heterocycles. The minimum absolute atomic E-state index is 0.0296. The van der Waals surface area contributed by atoms with Crippen molar-refractivity contribution in [2.24, 2.45) is 0 Å². The average molecular weight is 179 g/mol. The Morgan fingerprint density at radius 2 is 2.38 bits per heavy atom. The lowest BCUT2D eigenvalue weighted by Crippen LogP contribution is -2.27. The minimum Gasteiger partial charge on any atom is -0.324 e. The number of carbonyl (C=O) groups is 1. The second-order valence-electron chi connectivity index (χ2n) is 3.03. The largest absolute Gasteiger partial charge is 0.324 e. The highest BCUT2D eigenvalue weighted by Gasteiger charge is 2.02. The van der Waals surface area contributed by atoms with Gasteiger partial charge in [-0.05, 0) is 26.2 Å². The molecular weight excluding hydrogens is 166 g/mol. The van der Waals surface area contributed by atoms with Crippen LogP contribution in [-0.4, -0.2) is 36.4 Å². The summed E-state index contributed by atoms with van der Waals surface area (Å²) in [7, 11) is 3.70. The van der Waals surface area contributed by atoms with Crippen LogP contribution in [0.25, 0.3) is 0 Å². The third kappa shape index (κ3) is 3.66. The molecule has 0 aliphatic carbocycles. The summed E-state index contributed by atoms with van der Waals surface area (Å²) in [5, 5.41) is 2.73. The van der Waals surface area contributed by atoms with Gasteiger partial charge in [-0.15, -0.1) is 0 Å². The maximum atomic E-state index is 11.2. The number of rotatable bonds is 3. The van der Waals surface area contributed by atoms with Gasteiger partial charge in [0.05, 0.1) is 18.4 Å². The first kappa shape index (κ1) is 9.67. The van der Waals surface area contributed by atoms with Gasteiger partial charge in [0.2, 0.25) is 5.91 Å². The van der Waals surface area contributed by atoms with Crippen molar-refractivity contribution in [1.29, 1.82) is 0 Å². The van der Waals surface area contributed by atoms with E-state index in [1.54, 1.807) is 24.5 Å². The number of hydrogen-bond acceptors (Lipinski definition) is 3. The van der Waals surface area contributed by atoms with Crippen molar-refractivity contribution in [3.8, 4) is 0 Å². The zero-order chi connectivity index (χ0) is 9.68. The highest BCUT2D eigenvalue weighted by Crippen LogP contribution is 2.01. The molecule has 0 saturated heterocycles. The minimum atomic E-state index is -0.0296. The molecule has 0 radical (unpaired) electrons. The summed E-state index contributed by atoms with van der Waals surface area (Å²) < 4.78 is 0. The second kappa shape index (κ2) is 4.57. The van der Waals surface area contributed by atoms with E-state index in [0.717, 1.165) is 5.69 Å². The molecule has 0 saturated carbocycles. The van der Waals surface area contributed by atoms with E-state index in [4.69, 9.17) is 0 Å². The molecule has 1 rings (SSSR count). The first-order valence-electron chi connectivity index (χ1n) is 4.03. The Hall–Kier alpha value is -1.42. The third-order valence-electron chi connectivity index (χ3n) is 1.41.